The van der Waals surface area contributed by atoms with E-state index in [-0.39, 0.29) is 36.8 Å². The Hall–Kier alpha value is -3.35. The van der Waals surface area contributed by atoms with Gasteiger partial charge in [-0.15, -0.1) is 0 Å². The van der Waals surface area contributed by atoms with Crippen LogP contribution in [0.25, 0.3) is 11.1 Å². The number of hydrogen-bond donors (Lipinski definition) is 3. The quantitative estimate of drug-likeness (QED) is 0.503. The van der Waals surface area contributed by atoms with Gasteiger partial charge in [0.15, 0.2) is 0 Å². The average Bonchev–Trinajstić information content (AvgIpc) is 3.08. The lowest BCUT2D eigenvalue weighted by Gasteiger charge is -2.23. The molecule has 2 aromatic rings. The SMILES string of the molecule is C[C@@H](CC(=O)NCC(CC(C)(C)C)C(=O)O)NC(=O)OCC1c2ccccc2-c2ccccc21. The molecule has 0 aliphatic heterocycles. The Morgan fingerprint density at radius 2 is 1.56 bits per heavy atom. The van der Waals surface area contributed by atoms with E-state index in [2.05, 4.69) is 34.9 Å². The van der Waals surface area contributed by atoms with Crippen LogP contribution >= 0.6 is 0 Å². The molecule has 3 rings (SSSR count). The number of nitrogens with one attached hydrogen (secondary N) is 2. The van der Waals surface area contributed by atoms with Gasteiger partial charge in [-0.1, -0.05) is 69.3 Å². The van der Waals surface area contributed by atoms with Crippen molar-refractivity contribution in [3.05, 3.63) is 59.7 Å². The molecule has 1 unspecified atom stereocenters. The minimum Gasteiger partial charge on any atom is -0.481 e. The molecule has 0 saturated carbocycles. The summed E-state index contributed by atoms with van der Waals surface area (Å²) in [5.74, 6) is -1.94. The second-order valence-electron chi connectivity index (χ2n) is 10.2. The molecule has 7 nitrogen and oxygen atoms in total. The highest BCUT2D eigenvalue weighted by Crippen LogP contribution is 2.44. The van der Waals surface area contributed by atoms with Gasteiger partial charge in [-0.05, 0) is 41.0 Å². The van der Waals surface area contributed by atoms with Crippen LogP contribution in [0.3, 0.4) is 0 Å². The molecule has 0 radical (unpaired) electrons. The number of hydrogen-bond acceptors (Lipinski definition) is 4. The van der Waals surface area contributed by atoms with Crippen LogP contribution in [0, 0.1) is 11.3 Å². The molecule has 0 spiro atoms. The Morgan fingerprint density at radius 1 is 1.00 bits per heavy atom. The van der Waals surface area contributed by atoms with Crippen LogP contribution in [0.1, 0.15) is 57.6 Å². The smallest absolute Gasteiger partial charge is 0.407 e. The lowest BCUT2D eigenvalue weighted by Crippen LogP contribution is -2.40. The first-order chi connectivity index (χ1) is 16.0. The van der Waals surface area contributed by atoms with Gasteiger partial charge in [-0.3, -0.25) is 9.59 Å². The van der Waals surface area contributed by atoms with Crippen molar-refractivity contribution in [3.8, 4) is 11.1 Å². The number of alkyl carbamates (subject to hydrolysis) is 1. The predicted octanol–water partition coefficient (Wildman–Crippen LogP) is 4.56. The Labute approximate surface area is 200 Å². The summed E-state index contributed by atoms with van der Waals surface area (Å²) < 4.78 is 5.52. The van der Waals surface area contributed by atoms with Gasteiger partial charge >= 0.3 is 12.1 Å². The number of rotatable bonds is 9. The zero-order valence-electron chi connectivity index (χ0n) is 20.3. The minimum atomic E-state index is -0.931. The van der Waals surface area contributed by atoms with Crippen molar-refractivity contribution in [1.82, 2.24) is 10.6 Å². The molecule has 1 aliphatic rings. The monoisotopic (exact) mass is 466 g/mol. The van der Waals surface area contributed by atoms with Crippen molar-refractivity contribution in [2.24, 2.45) is 11.3 Å². The van der Waals surface area contributed by atoms with Crippen LogP contribution in [0.2, 0.25) is 0 Å². The van der Waals surface area contributed by atoms with Crippen LogP contribution in [0.15, 0.2) is 48.5 Å². The third-order valence-corrected chi connectivity index (χ3v) is 5.95. The fourth-order valence-electron chi connectivity index (χ4n) is 4.47. The van der Waals surface area contributed by atoms with E-state index in [1.165, 1.54) is 0 Å². The fraction of sp³-hybridized carbons (Fsp3) is 0.444. The summed E-state index contributed by atoms with van der Waals surface area (Å²) in [6.45, 7) is 7.86. The van der Waals surface area contributed by atoms with E-state index in [4.69, 9.17) is 4.74 Å². The molecule has 0 saturated heterocycles. The first-order valence-electron chi connectivity index (χ1n) is 11.7. The van der Waals surface area contributed by atoms with Crippen LogP contribution in [0.5, 0.6) is 0 Å². The van der Waals surface area contributed by atoms with E-state index in [0.717, 1.165) is 22.3 Å². The fourth-order valence-corrected chi connectivity index (χ4v) is 4.47. The Balaban J connectivity index is 1.47. The zero-order chi connectivity index (χ0) is 24.9. The maximum atomic E-state index is 12.4. The molecular weight excluding hydrogens is 432 g/mol. The highest BCUT2D eigenvalue weighted by molar-refractivity contribution is 5.80. The molecule has 7 heteroatoms. The van der Waals surface area contributed by atoms with E-state index in [1.807, 2.05) is 45.0 Å². The molecule has 0 aromatic heterocycles. The van der Waals surface area contributed by atoms with Crippen molar-refractivity contribution in [3.63, 3.8) is 0 Å². The second kappa shape index (κ2) is 10.7. The summed E-state index contributed by atoms with van der Waals surface area (Å²) >= 11 is 0. The standard InChI is InChI=1S/C27H34N2O5/c1-17(13-24(30)28-15-18(25(31)32)14-27(2,3)4)29-26(33)34-16-23-21-11-7-5-9-19(21)20-10-6-8-12-22(20)23/h5-12,17-18,23H,13-16H2,1-4H3,(H,28,30)(H,29,33)(H,31,32)/t17-,18?/m0/s1. The van der Waals surface area contributed by atoms with E-state index in [1.54, 1.807) is 6.92 Å². The molecular formula is C27H34N2O5. The summed E-state index contributed by atoms with van der Waals surface area (Å²) in [5, 5.41) is 14.8. The summed E-state index contributed by atoms with van der Waals surface area (Å²) in [5.41, 5.74) is 4.41. The number of carbonyl (C=O) groups excluding carboxylic acids is 2. The van der Waals surface area contributed by atoms with Gasteiger partial charge in [-0.2, -0.15) is 0 Å². The third-order valence-electron chi connectivity index (χ3n) is 5.95. The van der Waals surface area contributed by atoms with Gasteiger partial charge in [-0.25, -0.2) is 4.79 Å². The normalized spacial score (nSPS) is 14.5. The molecule has 2 amide bonds. The first-order valence-corrected chi connectivity index (χ1v) is 11.7. The van der Waals surface area contributed by atoms with Gasteiger partial charge in [0.05, 0.1) is 5.92 Å². The van der Waals surface area contributed by atoms with Crippen LogP contribution in [0.4, 0.5) is 4.79 Å². The number of ether oxygens (including phenoxy) is 1. The number of fused-ring (bicyclic) bond motifs is 3. The number of amides is 2. The number of aliphatic carboxylic acids is 1. The Kier molecular flexibility index (Phi) is 7.97. The lowest BCUT2D eigenvalue weighted by molar-refractivity contribution is -0.142. The van der Waals surface area contributed by atoms with Gasteiger partial charge in [0.1, 0.15) is 6.61 Å². The molecule has 2 atom stereocenters. The third kappa shape index (κ3) is 6.59. The van der Waals surface area contributed by atoms with Crippen LogP contribution in [-0.4, -0.2) is 42.3 Å². The van der Waals surface area contributed by atoms with E-state index in [9.17, 15) is 19.5 Å². The van der Waals surface area contributed by atoms with Crippen molar-refractivity contribution < 1.29 is 24.2 Å². The molecule has 0 heterocycles. The lowest BCUT2D eigenvalue weighted by atomic mass is 9.84. The van der Waals surface area contributed by atoms with Gasteiger partial charge in [0.25, 0.3) is 0 Å². The maximum absolute atomic E-state index is 12.4. The van der Waals surface area contributed by atoms with Crippen molar-refractivity contribution in [2.75, 3.05) is 13.2 Å². The van der Waals surface area contributed by atoms with Crippen molar-refractivity contribution >= 4 is 18.0 Å². The van der Waals surface area contributed by atoms with E-state index < -0.39 is 24.0 Å². The van der Waals surface area contributed by atoms with Crippen LogP contribution in [-0.2, 0) is 14.3 Å². The largest absolute Gasteiger partial charge is 0.481 e. The Bertz CT molecular complexity index is 998. The van der Waals surface area contributed by atoms with Crippen molar-refractivity contribution in [1.29, 1.82) is 0 Å². The zero-order valence-corrected chi connectivity index (χ0v) is 20.3. The molecule has 1 aliphatic carbocycles. The molecule has 182 valence electrons. The van der Waals surface area contributed by atoms with E-state index in [0.29, 0.717) is 6.42 Å². The highest BCUT2D eigenvalue weighted by Gasteiger charge is 2.29. The summed E-state index contributed by atoms with van der Waals surface area (Å²) in [7, 11) is 0. The van der Waals surface area contributed by atoms with Gasteiger partial charge < -0.3 is 20.5 Å². The second-order valence-corrected chi connectivity index (χ2v) is 10.2. The molecule has 0 fully saturated rings. The highest BCUT2D eigenvalue weighted by atomic mass is 16.5. The number of benzene rings is 2. The topological polar surface area (TPSA) is 105 Å². The van der Waals surface area contributed by atoms with Gasteiger partial charge in [0, 0.05) is 24.9 Å². The average molecular weight is 467 g/mol. The minimum absolute atomic E-state index is 0.0338. The predicted molar refractivity (Wildman–Crippen MR) is 130 cm³/mol. The first kappa shape index (κ1) is 25.3. The molecule has 2 aromatic carbocycles. The van der Waals surface area contributed by atoms with E-state index >= 15 is 0 Å². The molecule has 0 bridgehead atoms. The van der Waals surface area contributed by atoms with Gasteiger partial charge in [0.2, 0.25) is 5.91 Å². The number of carbonyl (C=O) groups is 3. The molecule has 34 heavy (non-hydrogen) atoms. The van der Waals surface area contributed by atoms with Crippen LogP contribution < -0.4 is 10.6 Å². The summed E-state index contributed by atoms with van der Waals surface area (Å²) in [6.07, 6.45) is -0.0966. The summed E-state index contributed by atoms with van der Waals surface area (Å²) in [6, 6.07) is 15.8. The molecule has 3 N–H and O–H groups in total. The Morgan fingerprint density at radius 3 is 2.09 bits per heavy atom. The number of carboxylic acid groups (broad SMARTS) is 1. The summed E-state index contributed by atoms with van der Waals surface area (Å²) in [4.78, 5) is 36.1. The van der Waals surface area contributed by atoms with Crippen molar-refractivity contribution in [2.45, 2.75) is 52.5 Å². The maximum Gasteiger partial charge on any atom is 0.407 e. The number of carboxylic acids is 1.